The van der Waals surface area contributed by atoms with Gasteiger partial charge in [0, 0.05) is 11.6 Å². The summed E-state index contributed by atoms with van der Waals surface area (Å²) in [4.78, 5) is 11.6. The number of nitrogens with one attached hydrogen (secondary N) is 1. The molecule has 110 valence electrons. The first-order valence-corrected chi connectivity index (χ1v) is 6.51. The van der Waals surface area contributed by atoms with Crippen LogP contribution in [0, 0.1) is 11.6 Å². The van der Waals surface area contributed by atoms with Gasteiger partial charge in [0.2, 0.25) is 0 Å². The highest BCUT2D eigenvalue weighted by Crippen LogP contribution is 2.15. The lowest BCUT2D eigenvalue weighted by atomic mass is 10.2. The molecule has 0 heterocycles. The molecule has 0 saturated heterocycles. The van der Waals surface area contributed by atoms with Gasteiger partial charge in [-0.15, -0.1) is 0 Å². The first-order chi connectivity index (χ1) is 10.0. The number of amides is 1. The molecule has 0 spiro atoms. The third kappa shape index (κ3) is 4.72. The summed E-state index contributed by atoms with van der Waals surface area (Å²) in [5.41, 5.74) is 0.466. The summed E-state index contributed by atoms with van der Waals surface area (Å²) in [5, 5.41) is 3.12. The van der Waals surface area contributed by atoms with Crippen LogP contribution >= 0.6 is 11.6 Å². The van der Waals surface area contributed by atoms with E-state index in [0.717, 1.165) is 12.1 Å². The lowest BCUT2D eigenvalue weighted by molar-refractivity contribution is -0.123. The van der Waals surface area contributed by atoms with Gasteiger partial charge < -0.3 is 10.1 Å². The lowest BCUT2D eigenvalue weighted by Crippen LogP contribution is -2.28. The van der Waals surface area contributed by atoms with Crippen molar-refractivity contribution in [3.8, 4) is 5.75 Å². The summed E-state index contributed by atoms with van der Waals surface area (Å²) in [6.07, 6.45) is 0. The Balaban J connectivity index is 1.79. The molecule has 3 nitrogen and oxygen atoms in total. The number of rotatable bonds is 5. The van der Waals surface area contributed by atoms with Crippen LogP contribution < -0.4 is 10.1 Å². The molecule has 0 aliphatic carbocycles. The Kier molecular flexibility index (Phi) is 5.11. The zero-order valence-electron chi connectivity index (χ0n) is 10.9. The quantitative estimate of drug-likeness (QED) is 0.920. The topological polar surface area (TPSA) is 38.3 Å². The Morgan fingerprint density at radius 3 is 2.48 bits per heavy atom. The monoisotopic (exact) mass is 311 g/mol. The van der Waals surface area contributed by atoms with E-state index in [-0.39, 0.29) is 19.1 Å². The van der Waals surface area contributed by atoms with Crippen LogP contribution in [0.25, 0.3) is 0 Å². The van der Waals surface area contributed by atoms with Crippen LogP contribution in [0.1, 0.15) is 5.56 Å². The lowest BCUT2D eigenvalue weighted by Gasteiger charge is -2.08. The van der Waals surface area contributed by atoms with Gasteiger partial charge in [-0.25, -0.2) is 8.78 Å². The molecule has 1 N–H and O–H groups in total. The van der Waals surface area contributed by atoms with E-state index in [1.165, 1.54) is 6.07 Å². The van der Waals surface area contributed by atoms with Gasteiger partial charge in [-0.1, -0.05) is 17.7 Å². The standard InChI is InChI=1S/C15H12ClF2NO2/c16-11-2-4-12(5-3-11)21-9-15(20)19-8-10-1-6-13(17)14(18)7-10/h1-7H,8-9H2,(H,19,20). The molecule has 0 unspecified atom stereocenters. The third-order valence-corrected chi connectivity index (χ3v) is 2.91. The molecule has 1 amide bonds. The fourth-order valence-corrected chi connectivity index (χ4v) is 1.71. The molecule has 0 aliphatic rings. The highest BCUT2D eigenvalue weighted by Gasteiger charge is 2.05. The summed E-state index contributed by atoms with van der Waals surface area (Å²) in [7, 11) is 0. The van der Waals surface area contributed by atoms with Gasteiger partial charge in [-0.3, -0.25) is 4.79 Å². The van der Waals surface area contributed by atoms with E-state index in [1.54, 1.807) is 24.3 Å². The summed E-state index contributed by atoms with van der Waals surface area (Å²) >= 11 is 5.72. The Labute approximate surface area is 125 Å². The van der Waals surface area contributed by atoms with E-state index in [1.807, 2.05) is 0 Å². The van der Waals surface area contributed by atoms with Crippen LogP contribution in [-0.2, 0) is 11.3 Å². The molecular weight excluding hydrogens is 300 g/mol. The Hall–Kier alpha value is -2.14. The molecule has 6 heteroatoms. The molecule has 0 bridgehead atoms. The number of halogens is 3. The van der Waals surface area contributed by atoms with Crippen LogP contribution in [0.4, 0.5) is 8.78 Å². The minimum Gasteiger partial charge on any atom is -0.484 e. The van der Waals surface area contributed by atoms with Crippen molar-refractivity contribution in [2.45, 2.75) is 6.54 Å². The van der Waals surface area contributed by atoms with Crippen molar-refractivity contribution in [1.82, 2.24) is 5.32 Å². The number of hydrogen-bond donors (Lipinski definition) is 1. The molecule has 0 atom stereocenters. The maximum atomic E-state index is 13.0. The number of carbonyl (C=O) groups is 1. The molecule has 0 aliphatic heterocycles. The van der Waals surface area contributed by atoms with Gasteiger partial charge in [0.15, 0.2) is 18.2 Å². The first-order valence-electron chi connectivity index (χ1n) is 6.13. The van der Waals surface area contributed by atoms with E-state index in [4.69, 9.17) is 16.3 Å². The van der Waals surface area contributed by atoms with E-state index in [2.05, 4.69) is 5.32 Å². The molecule has 2 aromatic rings. The zero-order chi connectivity index (χ0) is 15.2. The van der Waals surface area contributed by atoms with Crippen molar-refractivity contribution < 1.29 is 18.3 Å². The molecule has 0 saturated carbocycles. The Morgan fingerprint density at radius 2 is 1.81 bits per heavy atom. The number of carbonyl (C=O) groups excluding carboxylic acids is 1. The molecule has 0 aromatic heterocycles. The molecule has 2 rings (SSSR count). The predicted octanol–water partition coefficient (Wildman–Crippen LogP) is 3.31. The maximum absolute atomic E-state index is 13.0. The van der Waals surface area contributed by atoms with Crippen LogP contribution in [0.15, 0.2) is 42.5 Å². The van der Waals surface area contributed by atoms with Gasteiger partial charge in [0.1, 0.15) is 5.75 Å². The maximum Gasteiger partial charge on any atom is 0.258 e. The number of hydrogen-bond acceptors (Lipinski definition) is 2. The van der Waals surface area contributed by atoms with Gasteiger partial charge in [0.25, 0.3) is 5.91 Å². The summed E-state index contributed by atoms with van der Waals surface area (Å²) in [6.45, 7) is -0.0781. The Bertz CT molecular complexity index is 632. The first kappa shape index (κ1) is 15.3. The van der Waals surface area contributed by atoms with E-state index in [9.17, 15) is 13.6 Å². The highest BCUT2D eigenvalue weighted by molar-refractivity contribution is 6.30. The van der Waals surface area contributed by atoms with Gasteiger partial charge in [-0.2, -0.15) is 0 Å². The highest BCUT2D eigenvalue weighted by atomic mass is 35.5. The molecule has 0 radical (unpaired) electrons. The fraction of sp³-hybridized carbons (Fsp3) is 0.133. The van der Waals surface area contributed by atoms with Crippen LogP contribution in [0.3, 0.4) is 0 Å². The van der Waals surface area contributed by atoms with Crippen molar-refractivity contribution in [3.63, 3.8) is 0 Å². The average Bonchev–Trinajstić information content (AvgIpc) is 2.48. The average molecular weight is 312 g/mol. The van der Waals surface area contributed by atoms with Crippen molar-refractivity contribution in [3.05, 3.63) is 64.7 Å². The van der Waals surface area contributed by atoms with Gasteiger partial charge in [0.05, 0.1) is 0 Å². The second-order valence-corrected chi connectivity index (χ2v) is 4.70. The second-order valence-electron chi connectivity index (χ2n) is 4.27. The molecule has 2 aromatic carbocycles. The van der Waals surface area contributed by atoms with E-state index >= 15 is 0 Å². The molecular formula is C15H12ClF2NO2. The summed E-state index contributed by atoms with van der Waals surface area (Å²) in [5.74, 6) is -1.72. The van der Waals surface area contributed by atoms with Crippen LogP contribution in [-0.4, -0.2) is 12.5 Å². The minimum absolute atomic E-state index is 0.0972. The van der Waals surface area contributed by atoms with Crippen molar-refractivity contribution in [1.29, 1.82) is 0 Å². The summed E-state index contributed by atoms with van der Waals surface area (Å²) < 4.78 is 31.0. The largest absolute Gasteiger partial charge is 0.484 e. The summed E-state index contributed by atoms with van der Waals surface area (Å²) in [6, 6.07) is 10.0. The van der Waals surface area contributed by atoms with E-state index in [0.29, 0.717) is 16.3 Å². The SMILES string of the molecule is O=C(COc1ccc(Cl)cc1)NCc1ccc(F)c(F)c1. The van der Waals surface area contributed by atoms with Crippen LogP contribution in [0.2, 0.25) is 5.02 Å². The normalized spacial score (nSPS) is 10.2. The number of ether oxygens (including phenoxy) is 1. The number of benzene rings is 2. The Morgan fingerprint density at radius 1 is 1.10 bits per heavy atom. The van der Waals surface area contributed by atoms with E-state index < -0.39 is 11.6 Å². The predicted molar refractivity (Wildman–Crippen MR) is 75.2 cm³/mol. The molecule has 0 fully saturated rings. The third-order valence-electron chi connectivity index (χ3n) is 2.66. The molecule has 21 heavy (non-hydrogen) atoms. The minimum atomic E-state index is -0.945. The zero-order valence-corrected chi connectivity index (χ0v) is 11.7. The second kappa shape index (κ2) is 7.04. The smallest absolute Gasteiger partial charge is 0.258 e. The van der Waals surface area contributed by atoms with Crippen molar-refractivity contribution in [2.24, 2.45) is 0 Å². The van der Waals surface area contributed by atoms with Gasteiger partial charge >= 0.3 is 0 Å². The van der Waals surface area contributed by atoms with Crippen molar-refractivity contribution >= 4 is 17.5 Å². The fourth-order valence-electron chi connectivity index (χ4n) is 1.58. The van der Waals surface area contributed by atoms with Crippen molar-refractivity contribution in [2.75, 3.05) is 6.61 Å². The van der Waals surface area contributed by atoms with Gasteiger partial charge in [-0.05, 0) is 42.0 Å². The van der Waals surface area contributed by atoms with Crippen LogP contribution in [0.5, 0.6) is 5.75 Å².